The van der Waals surface area contributed by atoms with Gasteiger partial charge >= 0.3 is 0 Å². The molecule has 1 heterocycles. The van der Waals surface area contributed by atoms with Crippen LogP contribution in [0.2, 0.25) is 5.15 Å². The molecule has 1 unspecified atom stereocenters. The molecule has 0 aliphatic heterocycles. The van der Waals surface area contributed by atoms with Crippen molar-refractivity contribution in [1.29, 1.82) is 0 Å². The molecule has 5 heteroatoms. The Kier molecular flexibility index (Phi) is 4.38. The van der Waals surface area contributed by atoms with Crippen LogP contribution in [0.5, 0.6) is 0 Å². The summed E-state index contributed by atoms with van der Waals surface area (Å²) in [4.78, 5) is 4.14. The van der Waals surface area contributed by atoms with E-state index in [9.17, 15) is 0 Å². The van der Waals surface area contributed by atoms with Gasteiger partial charge in [-0.2, -0.15) is 0 Å². The number of imidazole rings is 1. The number of aliphatic hydroxyl groups is 1. The Bertz CT molecular complexity index is 284. The Morgan fingerprint density at radius 3 is 2.86 bits per heavy atom. The van der Waals surface area contributed by atoms with Gasteiger partial charge in [-0.05, 0) is 6.42 Å². The normalized spacial score (nSPS) is 13.1. The summed E-state index contributed by atoms with van der Waals surface area (Å²) in [6.07, 6.45) is 2.52. The number of aromatic nitrogens is 2. The number of hydrogen-bond acceptors (Lipinski definition) is 3. The first-order valence-corrected chi connectivity index (χ1v) is 5.07. The smallest absolute Gasteiger partial charge is 0.128 e. The van der Waals surface area contributed by atoms with Crippen LogP contribution in [-0.2, 0) is 13.6 Å². The van der Waals surface area contributed by atoms with Gasteiger partial charge in [0, 0.05) is 13.1 Å². The van der Waals surface area contributed by atoms with Crippen molar-refractivity contribution in [3.8, 4) is 0 Å². The van der Waals surface area contributed by atoms with Crippen LogP contribution in [0, 0.1) is 0 Å². The molecule has 4 nitrogen and oxygen atoms in total. The van der Waals surface area contributed by atoms with Gasteiger partial charge in [0.2, 0.25) is 0 Å². The molecule has 0 aliphatic carbocycles. The maximum absolute atomic E-state index is 8.96. The summed E-state index contributed by atoms with van der Waals surface area (Å²) in [5.41, 5.74) is 0. The fourth-order valence-corrected chi connectivity index (χ4v) is 1.31. The van der Waals surface area contributed by atoms with Gasteiger partial charge in [-0.15, -0.1) is 0 Å². The largest absolute Gasteiger partial charge is 0.395 e. The molecule has 0 amide bonds. The minimum Gasteiger partial charge on any atom is -0.395 e. The second kappa shape index (κ2) is 5.34. The van der Waals surface area contributed by atoms with E-state index in [2.05, 4.69) is 10.3 Å². The summed E-state index contributed by atoms with van der Waals surface area (Å²) < 4.78 is 1.82. The third-order valence-corrected chi connectivity index (χ3v) is 2.64. The minimum atomic E-state index is 0.130. The van der Waals surface area contributed by atoms with E-state index in [-0.39, 0.29) is 12.6 Å². The van der Waals surface area contributed by atoms with Crippen LogP contribution in [0.3, 0.4) is 0 Å². The van der Waals surface area contributed by atoms with Crippen LogP contribution in [0.15, 0.2) is 6.20 Å². The number of aliphatic hydroxyl groups excluding tert-OH is 1. The summed E-state index contributed by atoms with van der Waals surface area (Å²) in [5.74, 6) is 0.877. The fourth-order valence-electron chi connectivity index (χ4n) is 1.16. The van der Waals surface area contributed by atoms with Crippen molar-refractivity contribution >= 4 is 11.6 Å². The maximum atomic E-state index is 8.96. The van der Waals surface area contributed by atoms with Gasteiger partial charge in [0.1, 0.15) is 11.0 Å². The van der Waals surface area contributed by atoms with Crippen molar-refractivity contribution in [3.63, 3.8) is 0 Å². The predicted octanol–water partition coefficient (Wildman–Crippen LogP) is 0.934. The first kappa shape index (κ1) is 11.5. The molecule has 1 aromatic rings. The van der Waals surface area contributed by atoms with Crippen LogP contribution >= 0.6 is 11.6 Å². The molecule has 1 atom stereocenters. The molecule has 14 heavy (non-hydrogen) atoms. The quantitative estimate of drug-likeness (QED) is 0.772. The molecule has 80 valence electrons. The Hall–Kier alpha value is -0.580. The highest BCUT2D eigenvalue weighted by molar-refractivity contribution is 6.29. The Morgan fingerprint density at radius 1 is 1.71 bits per heavy atom. The number of rotatable bonds is 5. The number of nitrogens with zero attached hydrogens (tertiary/aromatic N) is 2. The Morgan fingerprint density at radius 2 is 2.43 bits per heavy atom. The third kappa shape index (κ3) is 2.70. The lowest BCUT2D eigenvalue weighted by atomic mass is 10.2. The standard InChI is InChI=1S/C9H16ClN3O/c1-3-7(6-14)11-5-9-12-4-8(10)13(9)2/h4,7,11,14H,3,5-6H2,1-2H3. The molecule has 1 aromatic heterocycles. The topological polar surface area (TPSA) is 50.1 Å². The van der Waals surface area contributed by atoms with Gasteiger partial charge in [-0.25, -0.2) is 4.98 Å². The van der Waals surface area contributed by atoms with E-state index in [4.69, 9.17) is 16.7 Å². The zero-order valence-electron chi connectivity index (χ0n) is 8.50. The molecule has 0 saturated heterocycles. The highest BCUT2D eigenvalue weighted by Crippen LogP contribution is 2.08. The van der Waals surface area contributed by atoms with Gasteiger partial charge in [-0.1, -0.05) is 18.5 Å². The Balaban J connectivity index is 2.49. The molecule has 0 fully saturated rings. The lowest BCUT2D eigenvalue weighted by molar-refractivity contribution is 0.237. The molecular formula is C9H16ClN3O. The molecule has 0 aliphatic rings. The van der Waals surface area contributed by atoms with E-state index >= 15 is 0 Å². The zero-order valence-corrected chi connectivity index (χ0v) is 9.25. The third-order valence-electron chi connectivity index (χ3n) is 2.29. The summed E-state index contributed by atoms with van der Waals surface area (Å²) in [5, 5.41) is 12.8. The first-order chi connectivity index (χ1) is 6.69. The van der Waals surface area contributed by atoms with Crippen LogP contribution in [0.4, 0.5) is 0 Å². The lowest BCUT2D eigenvalue weighted by Crippen LogP contribution is -2.32. The van der Waals surface area contributed by atoms with Crippen molar-refractivity contribution < 1.29 is 5.11 Å². The molecule has 1 rings (SSSR count). The second-order valence-electron chi connectivity index (χ2n) is 3.22. The molecule has 0 saturated carbocycles. The van der Waals surface area contributed by atoms with Gasteiger partial charge < -0.3 is 15.0 Å². The summed E-state index contributed by atoms with van der Waals surface area (Å²) in [7, 11) is 1.87. The minimum absolute atomic E-state index is 0.130. The highest BCUT2D eigenvalue weighted by atomic mass is 35.5. The van der Waals surface area contributed by atoms with E-state index in [1.54, 1.807) is 6.20 Å². The average molecular weight is 218 g/mol. The van der Waals surface area contributed by atoms with Crippen LogP contribution in [0.25, 0.3) is 0 Å². The van der Waals surface area contributed by atoms with Gasteiger partial charge in [-0.3, -0.25) is 0 Å². The molecule has 2 N–H and O–H groups in total. The second-order valence-corrected chi connectivity index (χ2v) is 3.61. The number of hydrogen-bond donors (Lipinski definition) is 2. The SMILES string of the molecule is CCC(CO)NCc1ncc(Cl)n1C. The molecule has 0 aromatic carbocycles. The van der Waals surface area contributed by atoms with Gasteiger partial charge in [0.05, 0.1) is 19.3 Å². The highest BCUT2D eigenvalue weighted by Gasteiger charge is 2.07. The maximum Gasteiger partial charge on any atom is 0.128 e. The molecule has 0 spiro atoms. The van der Waals surface area contributed by atoms with Gasteiger partial charge in [0.15, 0.2) is 0 Å². The summed E-state index contributed by atoms with van der Waals surface area (Å²) in [6, 6.07) is 0.130. The van der Waals surface area contributed by atoms with E-state index in [1.165, 1.54) is 0 Å². The lowest BCUT2D eigenvalue weighted by Gasteiger charge is -2.13. The average Bonchev–Trinajstić information content (AvgIpc) is 2.51. The molecule has 0 radical (unpaired) electrons. The van der Waals surface area contributed by atoms with Crippen molar-refractivity contribution in [2.75, 3.05) is 6.61 Å². The van der Waals surface area contributed by atoms with Crippen molar-refractivity contribution in [2.45, 2.75) is 25.9 Å². The van der Waals surface area contributed by atoms with Crippen LogP contribution in [0.1, 0.15) is 19.2 Å². The molecular weight excluding hydrogens is 202 g/mol. The van der Waals surface area contributed by atoms with Gasteiger partial charge in [0.25, 0.3) is 0 Å². The van der Waals surface area contributed by atoms with Crippen molar-refractivity contribution in [2.24, 2.45) is 7.05 Å². The Labute approximate surface area is 88.9 Å². The summed E-state index contributed by atoms with van der Waals surface area (Å²) in [6.45, 7) is 2.80. The predicted molar refractivity (Wildman–Crippen MR) is 56.2 cm³/mol. The van der Waals surface area contributed by atoms with E-state index in [0.29, 0.717) is 11.7 Å². The fraction of sp³-hybridized carbons (Fsp3) is 0.667. The summed E-state index contributed by atoms with van der Waals surface area (Å²) >= 11 is 5.84. The number of nitrogens with one attached hydrogen (secondary N) is 1. The number of halogens is 1. The zero-order chi connectivity index (χ0) is 10.6. The van der Waals surface area contributed by atoms with E-state index in [1.807, 2.05) is 18.5 Å². The van der Waals surface area contributed by atoms with Crippen molar-refractivity contribution in [3.05, 3.63) is 17.2 Å². The van der Waals surface area contributed by atoms with E-state index in [0.717, 1.165) is 12.2 Å². The monoisotopic (exact) mass is 217 g/mol. The first-order valence-electron chi connectivity index (χ1n) is 4.69. The van der Waals surface area contributed by atoms with Crippen LogP contribution < -0.4 is 5.32 Å². The van der Waals surface area contributed by atoms with E-state index < -0.39 is 0 Å². The van der Waals surface area contributed by atoms with Crippen LogP contribution in [-0.4, -0.2) is 27.3 Å². The molecule has 0 bridgehead atoms. The van der Waals surface area contributed by atoms with Crippen molar-refractivity contribution in [1.82, 2.24) is 14.9 Å².